The number of hydrogen-bond acceptors (Lipinski definition) is 3. The van der Waals surface area contributed by atoms with Crippen molar-refractivity contribution in [1.82, 2.24) is 0 Å². The molecule has 0 spiro atoms. The van der Waals surface area contributed by atoms with Crippen molar-refractivity contribution >= 4 is 34.7 Å². The summed E-state index contributed by atoms with van der Waals surface area (Å²) in [6, 6.07) is 13.1. The van der Waals surface area contributed by atoms with Crippen molar-refractivity contribution in [2.45, 2.75) is 20.8 Å². The molecule has 0 aliphatic rings. The summed E-state index contributed by atoms with van der Waals surface area (Å²) < 4.78 is 4.95. The van der Waals surface area contributed by atoms with Gasteiger partial charge in [0.15, 0.2) is 5.11 Å². The number of benzene rings is 2. The molecule has 5 heteroatoms. The summed E-state index contributed by atoms with van der Waals surface area (Å²) in [5.41, 5.74) is 4.63. The molecule has 0 atom stereocenters. The van der Waals surface area contributed by atoms with E-state index >= 15 is 0 Å². The number of rotatable bonds is 4. The van der Waals surface area contributed by atoms with E-state index in [1.54, 1.807) is 31.2 Å². The van der Waals surface area contributed by atoms with Gasteiger partial charge in [0.2, 0.25) is 0 Å². The summed E-state index contributed by atoms with van der Waals surface area (Å²) in [5, 5.41) is 6.77. The van der Waals surface area contributed by atoms with Crippen LogP contribution in [0.3, 0.4) is 0 Å². The van der Waals surface area contributed by atoms with E-state index in [2.05, 4.69) is 23.6 Å². The highest BCUT2D eigenvalue weighted by Gasteiger charge is 2.06. The van der Waals surface area contributed by atoms with E-state index in [9.17, 15) is 4.79 Å². The Kier molecular flexibility index (Phi) is 5.71. The second-order valence-corrected chi connectivity index (χ2v) is 5.60. The molecule has 0 heterocycles. The summed E-state index contributed by atoms with van der Waals surface area (Å²) in [6.07, 6.45) is 0. The third-order valence-corrected chi connectivity index (χ3v) is 3.49. The fourth-order valence-electron chi connectivity index (χ4n) is 2.14. The van der Waals surface area contributed by atoms with Gasteiger partial charge in [0.1, 0.15) is 0 Å². The van der Waals surface area contributed by atoms with Gasteiger partial charge in [-0.25, -0.2) is 4.79 Å². The lowest BCUT2D eigenvalue weighted by atomic mass is 10.1. The highest BCUT2D eigenvalue weighted by atomic mass is 32.1. The fourth-order valence-corrected chi connectivity index (χ4v) is 2.37. The van der Waals surface area contributed by atoms with E-state index in [-0.39, 0.29) is 5.97 Å². The molecule has 120 valence electrons. The van der Waals surface area contributed by atoms with Crippen LogP contribution in [0.4, 0.5) is 11.4 Å². The van der Waals surface area contributed by atoms with Crippen LogP contribution >= 0.6 is 12.2 Å². The number of carbonyl (C=O) groups is 1. The summed E-state index contributed by atoms with van der Waals surface area (Å²) in [4.78, 5) is 11.6. The zero-order chi connectivity index (χ0) is 16.8. The number of esters is 1. The summed E-state index contributed by atoms with van der Waals surface area (Å²) in [5.74, 6) is -0.324. The predicted octanol–water partition coefficient (Wildman–Crippen LogP) is 4.29. The van der Waals surface area contributed by atoms with E-state index in [0.29, 0.717) is 17.3 Å². The molecular formula is C18H20N2O2S. The molecule has 0 aliphatic carbocycles. The Morgan fingerprint density at radius 1 is 1.09 bits per heavy atom. The topological polar surface area (TPSA) is 50.4 Å². The maximum absolute atomic E-state index is 11.6. The Labute approximate surface area is 141 Å². The van der Waals surface area contributed by atoms with Gasteiger partial charge in [0.05, 0.1) is 12.2 Å². The second kappa shape index (κ2) is 7.74. The van der Waals surface area contributed by atoms with Crippen LogP contribution in [0, 0.1) is 13.8 Å². The first-order valence-electron chi connectivity index (χ1n) is 7.42. The van der Waals surface area contributed by atoms with Crippen LogP contribution in [-0.2, 0) is 4.74 Å². The normalized spacial score (nSPS) is 10.0. The molecule has 0 amide bonds. The molecule has 0 radical (unpaired) electrons. The van der Waals surface area contributed by atoms with Crippen LogP contribution in [0.15, 0.2) is 42.5 Å². The molecule has 2 rings (SSSR count). The summed E-state index contributed by atoms with van der Waals surface area (Å²) in [6.45, 7) is 6.23. The monoisotopic (exact) mass is 328 g/mol. The lowest BCUT2D eigenvalue weighted by Gasteiger charge is -2.13. The van der Waals surface area contributed by atoms with Crippen LogP contribution in [-0.4, -0.2) is 17.7 Å². The molecule has 0 aliphatic heterocycles. The Morgan fingerprint density at radius 3 is 2.39 bits per heavy atom. The fraction of sp³-hybridized carbons (Fsp3) is 0.222. The molecule has 0 saturated carbocycles. The highest BCUT2D eigenvalue weighted by molar-refractivity contribution is 7.80. The Bertz CT molecular complexity index is 711. The first-order valence-corrected chi connectivity index (χ1v) is 7.83. The first-order chi connectivity index (χ1) is 11.0. The number of hydrogen-bond donors (Lipinski definition) is 2. The third-order valence-electron chi connectivity index (χ3n) is 3.28. The Balaban J connectivity index is 1.98. The van der Waals surface area contributed by atoms with Gasteiger partial charge in [0.25, 0.3) is 0 Å². The van der Waals surface area contributed by atoms with Crippen LogP contribution in [0.5, 0.6) is 0 Å². The molecule has 0 bridgehead atoms. The van der Waals surface area contributed by atoms with Crippen molar-refractivity contribution in [3.63, 3.8) is 0 Å². The van der Waals surface area contributed by atoms with Crippen molar-refractivity contribution in [3.05, 3.63) is 59.2 Å². The van der Waals surface area contributed by atoms with Crippen LogP contribution < -0.4 is 10.6 Å². The van der Waals surface area contributed by atoms with E-state index in [1.807, 2.05) is 19.1 Å². The molecule has 2 N–H and O–H groups in total. The van der Waals surface area contributed by atoms with Crippen molar-refractivity contribution in [3.8, 4) is 0 Å². The zero-order valence-corrected chi connectivity index (χ0v) is 14.3. The maximum atomic E-state index is 11.6. The van der Waals surface area contributed by atoms with Gasteiger partial charge in [-0.15, -0.1) is 0 Å². The number of anilines is 2. The molecule has 0 saturated heterocycles. The van der Waals surface area contributed by atoms with Gasteiger partial charge < -0.3 is 15.4 Å². The number of carbonyl (C=O) groups excluding carboxylic acids is 1. The first kappa shape index (κ1) is 17.0. The van der Waals surface area contributed by atoms with Crippen molar-refractivity contribution in [2.75, 3.05) is 17.2 Å². The van der Waals surface area contributed by atoms with E-state index in [4.69, 9.17) is 17.0 Å². The molecular weight excluding hydrogens is 308 g/mol. The SMILES string of the molecule is CCOC(=O)c1ccc(NC(=S)Nc2ccc(C)cc2C)cc1. The second-order valence-electron chi connectivity index (χ2n) is 5.20. The lowest BCUT2D eigenvalue weighted by Crippen LogP contribution is -2.19. The molecule has 2 aromatic rings. The number of thiocarbonyl (C=S) groups is 1. The Morgan fingerprint density at radius 2 is 1.78 bits per heavy atom. The van der Waals surface area contributed by atoms with Crippen LogP contribution in [0.25, 0.3) is 0 Å². The van der Waals surface area contributed by atoms with Crippen molar-refractivity contribution in [2.24, 2.45) is 0 Å². The Hall–Kier alpha value is -2.40. The number of nitrogens with one attached hydrogen (secondary N) is 2. The van der Waals surface area contributed by atoms with Gasteiger partial charge in [-0.1, -0.05) is 17.7 Å². The smallest absolute Gasteiger partial charge is 0.338 e. The van der Waals surface area contributed by atoms with Gasteiger partial charge in [-0.2, -0.15) is 0 Å². The van der Waals surface area contributed by atoms with Gasteiger partial charge >= 0.3 is 5.97 Å². The predicted molar refractivity (Wildman–Crippen MR) is 98.2 cm³/mol. The van der Waals surface area contributed by atoms with Gasteiger partial charge in [-0.05, 0) is 68.9 Å². The summed E-state index contributed by atoms with van der Waals surface area (Å²) in [7, 11) is 0. The minimum atomic E-state index is -0.324. The van der Waals surface area contributed by atoms with Gasteiger partial charge in [0, 0.05) is 11.4 Å². The quantitative estimate of drug-likeness (QED) is 0.648. The van der Waals surface area contributed by atoms with Gasteiger partial charge in [-0.3, -0.25) is 0 Å². The number of ether oxygens (including phenoxy) is 1. The van der Waals surface area contributed by atoms with Crippen LogP contribution in [0.1, 0.15) is 28.4 Å². The average Bonchev–Trinajstić information content (AvgIpc) is 2.51. The molecule has 0 aromatic heterocycles. The van der Waals surface area contributed by atoms with E-state index in [0.717, 1.165) is 16.9 Å². The third kappa shape index (κ3) is 4.79. The minimum absolute atomic E-state index is 0.324. The average molecular weight is 328 g/mol. The standard InChI is InChI=1S/C18H20N2O2S/c1-4-22-17(21)14-6-8-15(9-7-14)19-18(23)20-16-10-5-12(2)11-13(16)3/h5-11H,4H2,1-3H3,(H2,19,20,23). The molecule has 23 heavy (non-hydrogen) atoms. The molecule has 4 nitrogen and oxygen atoms in total. The van der Waals surface area contributed by atoms with E-state index in [1.165, 1.54) is 5.56 Å². The van der Waals surface area contributed by atoms with Crippen LogP contribution in [0.2, 0.25) is 0 Å². The molecule has 0 unspecified atom stereocenters. The number of aryl methyl sites for hydroxylation is 2. The highest BCUT2D eigenvalue weighted by Crippen LogP contribution is 2.17. The van der Waals surface area contributed by atoms with Crippen molar-refractivity contribution < 1.29 is 9.53 Å². The zero-order valence-electron chi connectivity index (χ0n) is 13.5. The van der Waals surface area contributed by atoms with E-state index < -0.39 is 0 Å². The minimum Gasteiger partial charge on any atom is -0.462 e. The lowest BCUT2D eigenvalue weighted by molar-refractivity contribution is 0.0526. The van der Waals surface area contributed by atoms with Crippen molar-refractivity contribution in [1.29, 1.82) is 0 Å². The summed E-state index contributed by atoms with van der Waals surface area (Å²) >= 11 is 5.32. The molecule has 0 fully saturated rings. The largest absolute Gasteiger partial charge is 0.462 e. The maximum Gasteiger partial charge on any atom is 0.338 e. The molecule has 2 aromatic carbocycles.